The Morgan fingerprint density at radius 3 is 2.31 bits per heavy atom. The number of hydrogen-bond donors (Lipinski definition) is 1. The zero-order chi connectivity index (χ0) is 26.4. The number of allylic oxidation sites excluding steroid dienone is 4. The highest BCUT2D eigenvalue weighted by Gasteiger charge is 2.24. The Kier molecular flexibility index (Phi) is 13.8. The molecule has 6 heteroatoms. The smallest absolute Gasteiger partial charge is 0.251 e. The molecule has 0 saturated carbocycles. The number of nitrogens with one attached hydrogen (secondary N) is 1. The van der Waals surface area contributed by atoms with E-state index in [9.17, 15) is 4.79 Å². The van der Waals surface area contributed by atoms with Crippen molar-refractivity contribution in [2.75, 3.05) is 34.0 Å². The maximum Gasteiger partial charge on any atom is 0.251 e. The van der Waals surface area contributed by atoms with E-state index >= 15 is 0 Å². The normalized spacial score (nSPS) is 15.1. The van der Waals surface area contributed by atoms with Crippen LogP contribution in [0, 0.1) is 0 Å². The zero-order valence-corrected chi connectivity index (χ0v) is 22.8. The molecule has 0 aliphatic carbocycles. The van der Waals surface area contributed by atoms with Crippen LogP contribution in [0.5, 0.6) is 11.5 Å². The van der Waals surface area contributed by atoms with Gasteiger partial charge >= 0.3 is 0 Å². The Morgan fingerprint density at radius 2 is 1.80 bits per heavy atom. The minimum atomic E-state index is -0.109. The van der Waals surface area contributed by atoms with Crippen LogP contribution in [0.15, 0.2) is 66.4 Å². The maximum absolute atomic E-state index is 12.7. The molecular formula is C29H45N3O3. The third kappa shape index (κ3) is 9.38. The van der Waals surface area contributed by atoms with E-state index < -0.39 is 0 Å². The van der Waals surface area contributed by atoms with Gasteiger partial charge < -0.3 is 14.8 Å². The summed E-state index contributed by atoms with van der Waals surface area (Å²) in [5, 5.41) is 3.66. The Hall–Kier alpha value is -2.83. The van der Waals surface area contributed by atoms with Crippen LogP contribution in [-0.2, 0) is 11.3 Å². The van der Waals surface area contributed by atoms with Crippen LogP contribution in [-0.4, -0.2) is 55.7 Å². The van der Waals surface area contributed by atoms with Crippen molar-refractivity contribution in [3.63, 3.8) is 0 Å². The van der Waals surface area contributed by atoms with E-state index in [1.807, 2.05) is 58.9 Å². The number of carbonyl (C=O) groups excluding carboxylic acids is 1. The molecule has 1 saturated heterocycles. The molecule has 1 aromatic carbocycles. The minimum Gasteiger partial charge on any atom is -0.493 e. The fourth-order valence-corrected chi connectivity index (χ4v) is 3.84. The van der Waals surface area contributed by atoms with E-state index in [0.717, 1.165) is 66.4 Å². The van der Waals surface area contributed by atoms with Gasteiger partial charge in [-0.15, -0.1) is 0 Å². The number of piperidine rings is 1. The van der Waals surface area contributed by atoms with Crippen LogP contribution in [0.25, 0.3) is 0 Å². The summed E-state index contributed by atoms with van der Waals surface area (Å²) in [5.74, 6) is 1.37. The number of methoxy groups -OCH3 is 2. The largest absolute Gasteiger partial charge is 0.493 e. The van der Waals surface area contributed by atoms with Crippen LogP contribution in [0.2, 0.25) is 0 Å². The minimum absolute atomic E-state index is 0.109. The molecule has 2 rings (SSSR count). The number of ether oxygens (including phenoxy) is 2. The van der Waals surface area contributed by atoms with E-state index in [1.165, 1.54) is 6.08 Å². The second-order valence-electron chi connectivity index (χ2n) is 8.42. The van der Waals surface area contributed by atoms with Gasteiger partial charge in [-0.1, -0.05) is 44.7 Å². The molecule has 1 aliphatic rings. The van der Waals surface area contributed by atoms with Gasteiger partial charge in [0.2, 0.25) is 0 Å². The third-order valence-electron chi connectivity index (χ3n) is 5.96. The van der Waals surface area contributed by atoms with Crippen molar-refractivity contribution >= 4 is 5.91 Å². The average Bonchev–Trinajstić information content (AvgIpc) is 2.90. The summed E-state index contributed by atoms with van der Waals surface area (Å²) < 4.78 is 10.7. The Labute approximate surface area is 213 Å². The van der Waals surface area contributed by atoms with Gasteiger partial charge in [0.15, 0.2) is 11.5 Å². The summed E-state index contributed by atoms with van der Waals surface area (Å²) in [5.41, 5.74) is 3.95. The fraction of sp³-hybridized carbons (Fsp3) is 0.483. The van der Waals surface area contributed by atoms with Gasteiger partial charge in [0.05, 0.1) is 20.9 Å². The first-order chi connectivity index (χ1) is 16.8. The monoisotopic (exact) mass is 483 g/mol. The summed E-state index contributed by atoms with van der Waals surface area (Å²) in [6.07, 6.45) is 7.45. The highest BCUT2D eigenvalue weighted by atomic mass is 16.5. The lowest BCUT2D eigenvalue weighted by Gasteiger charge is -2.36. The van der Waals surface area contributed by atoms with Crippen molar-refractivity contribution in [1.29, 1.82) is 0 Å². The molecule has 0 spiro atoms. The van der Waals surface area contributed by atoms with Gasteiger partial charge in [0.25, 0.3) is 5.91 Å². The lowest BCUT2D eigenvalue weighted by molar-refractivity contribution is -0.126. The Morgan fingerprint density at radius 1 is 1.17 bits per heavy atom. The molecule has 6 nitrogen and oxygen atoms in total. The van der Waals surface area contributed by atoms with Crippen LogP contribution >= 0.6 is 0 Å². The summed E-state index contributed by atoms with van der Waals surface area (Å²) >= 11 is 0. The van der Waals surface area contributed by atoms with Crippen LogP contribution in [0.1, 0.15) is 53.0 Å². The summed E-state index contributed by atoms with van der Waals surface area (Å²) in [6, 6.07) is 6.43. The zero-order valence-electron chi connectivity index (χ0n) is 22.8. The second kappa shape index (κ2) is 16.0. The van der Waals surface area contributed by atoms with Gasteiger partial charge in [-0.2, -0.15) is 0 Å². The molecule has 1 aromatic rings. The molecule has 1 N–H and O–H groups in total. The average molecular weight is 484 g/mol. The summed E-state index contributed by atoms with van der Waals surface area (Å²) in [4.78, 5) is 16.8. The molecule has 1 aliphatic heterocycles. The van der Waals surface area contributed by atoms with E-state index in [-0.39, 0.29) is 5.91 Å². The van der Waals surface area contributed by atoms with Gasteiger partial charge in [-0.05, 0) is 69.0 Å². The van der Waals surface area contributed by atoms with Crippen LogP contribution < -0.4 is 14.8 Å². The van der Waals surface area contributed by atoms with Crippen molar-refractivity contribution in [3.05, 3.63) is 72.0 Å². The van der Waals surface area contributed by atoms with Crippen LogP contribution in [0.3, 0.4) is 0 Å². The third-order valence-corrected chi connectivity index (χ3v) is 5.96. The molecule has 0 aromatic heterocycles. The molecule has 0 atom stereocenters. The quantitative estimate of drug-likeness (QED) is 0.324. The molecule has 1 fully saturated rings. The Balaban J connectivity index is 0.00000298. The van der Waals surface area contributed by atoms with Crippen molar-refractivity contribution in [3.8, 4) is 11.5 Å². The van der Waals surface area contributed by atoms with Gasteiger partial charge in [-0.3, -0.25) is 14.6 Å². The number of amides is 1. The number of nitrogens with zero attached hydrogens (tertiary/aromatic N) is 2. The Bertz CT molecular complexity index is 896. The fourth-order valence-electron chi connectivity index (χ4n) is 3.84. The van der Waals surface area contributed by atoms with Crippen molar-refractivity contribution in [1.82, 2.24) is 15.1 Å². The number of likely N-dealkylation sites (tertiary alicyclic amines) is 1. The van der Waals surface area contributed by atoms with Crippen molar-refractivity contribution in [2.45, 2.75) is 60.0 Å². The summed E-state index contributed by atoms with van der Waals surface area (Å²) in [6.45, 7) is 20.9. The lowest BCUT2D eigenvalue weighted by atomic mass is 10.0. The standard InChI is InChI=1S/C27H39N3O3.C2H6/c1-8-21(5)16-24(20(3)4)30(27(31)9-2)19-29-14-12-23(13-15-29)28-18-22-10-11-25(32-6)26(17-22)33-7;1-2/h8-11,16-17,23,28H,2-3,12-15,18-19H2,1,4-7H3;1-2H3/b21-8-,24-16+;. The molecule has 194 valence electrons. The molecule has 35 heavy (non-hydrogen) atoms. The highest BCUT2D eigenvalue weighted by molar-refractivity contribution is 5.89. The van der Waals surface area contributed by atoms with E-state index in [4.69, 9.17) is 9.47 Å². The van der Waals surface area contributed by atoms with Gasteiger partial charge in [-0.25, -0.2) is 0 Å². The predicted octanol–water partition coefficient (Wildman–Crippen LogP) is 5.68. The van der Waals surface area contributed by atoms with E-state index in [1.54, 1.807) is 19.1 Å². The number of rotatable bonds is 11. The van der Waals surface area contributed by atoms with Crippen molar-refractivity contribution < 1.29 is 14.3 Å². The van der Waals surface area contributed by atoms with Gasteiger partial charge in [0.1, 0.15) is 0 Å². The topological polar surface area (TPSA) is 54.0 Å². The summed E-state index contributed by atoms with van der Waals surface area (Å²) in [7, 11) is 3.30. The SMILES string of the molecule is C=CC(=O)N(CN1CCC(NCc2ccc(OC)c(OC)c2)CC1)/C(=C/C(C)=C\C)C(=C)C.CC. The van der Waals surface area contributed by atoms with E-state index in [2.05, 4.69) is 29.4 Å². The van der Waals surface area contributed by atoms with Gasteiger partial charge in [0, 0.05) is 31.4 Å². The molecular weight excluding hydrogens is 438 g/mol. The maximum atomic E-state index is 12.7. The lowest BCUT2D eigenvalue weighted by Crippen LogP contribution is -2.47. The number of benzene rings is 1. The first kappa shape index (κ1) is 30.2. The number of carbonyl (C=O) groups is 1. The van der Waals surface area contributed by atoms with E-state index in [0.29, 0.717) is 12.7 Å². The number of hydrogen-bond acceptors (Lipinski definition) is 5. The highest BCUT2D eigenvalue weighted by Crippen LogP contribution is 2.27. The molecule has 1 amide bonds. The van der Waals surface area contributed by atoms with Crippen molar-refractivity contribution in [2.24, 2.45) is 0 Å². The first-order valence-electron chi connectivity index (χ1n) is 12.4. The second-order valence-corrected chi connectivity index (χ2v) is 8.42. The predicted molar refractivity (Wildman–Crippen MR) is 147 cm³/mol. The van der Waals surface area contributed by atoms with Crippen LogP contribution in [0.4, 0.5) is 0 Å². The molecule has 0 bridgehead atoms. The molecule has 1 heterocycles. The molecule has 0 unspecified atom stereocenters. The molecule has 0 radical (unpaired) electrons. The first-order valence-corrected chi connectivity index (χ1v) is 12.4.